The van der Waals surface area contributed by atoms with Crippen molar-refractivity contribution in [3.05, 3.63) is 22.3 Å². The van der Waals surface area contributed by atoms with Gasteiger partial charge in [-0.05, 0) is 34.0 Å². The van der Waals surface area contributed by atoms with Gasteiger partial charge < -0.3 is 10.6 Å². The van der Waals surface area contributed by atoms with Gasteiger partial charge in [0.2, 0.25) is 12.5 Å². The van der Waals surface area contributed by atoms with Crippen LogP contribution < -0.4 is 5.73 Å². The number of nitro groups is 1. The number of amides is 1. The zero-order valence-corrected chi connectivity index (χ0v) is 10.2. The summed E-state index contributed by atoms with van der Waals surface area (Å²) < 4.78 is 0. The normalized spacial score (nSPS) is 9.25. The minimum atomic E-state index is -0.531. The minimum Gasteiger partial charge on any atom is -0.366 e. The Morgan fingerprint density at radius 3 is 2.12 bits per heavy atom. The van der Waals surface area contributed by atoms with Crippen molar-refractivity contribution in [3.8, 4) is 0 Å². The Balaban J connectivity index is 0. The zero-order chi connectivity index (χ0) is 13.1. The molecule has 0 aromatic carbocycles. The molecule has 16 heavy (non-hydrogen) atoms. The van der Waals surface area contributed by atoms with Gasteiger partial charge in [0.25, 0.3) is 0 Å². The maximum Gasteiger partial charge on any atom is 0.244 e. The predicted molar refractivity (Wildman–Crippen MR) is 63.7 cm³/mol. The maximum absolute atomic E-state index is 10.4. The number of nitrogens with two attached hydrogens (primary N) is 1. The van der Waals surface area contributed by atoms with Gasteiger partial charge in [0.15, 0.2) is 0 Å². The maximum atomic E-state index is 10.4. The first-order chi connectivity index (χ1) is 7.27. The zero-order valence-electron chi connectivity index (χ0n) is 10.2. The van der Waals surface area contributed by atoms with E-state index in [4.69, 9.17) is 5.73 Å². The first-order valence-corrected chi connectivity index (χ1v) is 4.97. The van der Waals surface area contributed by atoms with Gasteiger partial charge in [0.05, 0.1) is 0 Å². The lowest BCUT2D eigenvalue weighted by Gasteiger charge is -1.97. The Hall–Kier alpha value is -1.43. The van der Waals surface area contributed by atoms with Crippen LogP contribution in [0.1, 0.15) is 19.3 Å². The number of rotatable bonds is 6. The standard InChI is InChI=1S/C7H12N2O3.C3H9N/c1-6(7(8)10)4-2-3-5-9(11)12;1-4(2)3/h1-5H2,(H2,8,10);1-3H3. The molecule has 0 aromatic heterocycles. The minimum absolute atomic E-state index is 0.0635. The van der Waals surface area contributed by atoms with Gasteiger partial charge in [-0.3, -0.25) is 14.9 Å². The highest BCUT2D eigenvalue weighted by molar-refractivity contribution is 5.91. The van der Waals surface area contributed by atoms with Crippen LogP contribution in [-0.2, 0) is 4.79 Å². The molecule has 0 saturated heterocycles. The molecule has 0 heterocycles. The second-order valence-electron chi connectivity index (χ2n) is 3.82. The molecule has 0 aliphatic carbocycles. The molecule has 1 amide bonds. The highest BCUT2D eigenvalue weighted by Gasteiger charge is 2.02. The summed E-state index contributed by atoms with van der Waals surface area (Å²) in [5.41, 5.74) is 5.24. The van der Waals surface area contributed by atoms with Crippen LogP contribution in [0.15, 0.2) is 12.2 Å². The lowest BCUT2D eigenvalue weighted by atomic mass is 10.1. The SMILES string of the molecule is C=C(CCCC[N+](=O)[O-])C(N)=O.CN(C)C. The van der Waals surface area contributed by atoms with Crippen LogP contribution >= 0.6 is 0 Å². The van der Waals surface area contributed by atoms with Crippen molar-refractivity contribution in [2.75, 3.05) is 27.7 Å². The lowest BCUT2D eigenvalue weighted by molar-refractivity contribution is -0.480. The Morgan fingerprint density at radius 2 is 1.81 bits per heavy atom. The Labute approximate surface area is 96.3 Å². The number of carbonyl (C=O) groups is 1. The van der Waals surface area contributed by atoms with Crippen molar-refractivity contribution in [2.45, 2.75) is 19.3 Å². The summed E-state index contributed by atoms with van der Waals surface area (Å²) in [4.78, 5) is 21.9. The molecular formula is C10H21N3O3. The van der Waals surface area contributed by atoms with Crippen molar-refractivity contribution >= 4 is 5.91 Å². The number of hydrogen-bond acceptors (Lipinski definition) is 4. The molecule has 0 unspecified atom stereocenters. The summed E-state index contributed by atoms with van der Waals surface area (Å²) in [6.07, 6.45) is 1.49. The van der Waals surface area contributed by atoms with Gasteiger partial charge >= 0.3 is 0 Å². The molecule has 2 N–H and O–H groups in total. The molecule has 0 spiro atoms. The number of unbranched alkanes of at least 4 members (excludes halogenated alkanes) is 1. The van der Waals surface area contributed by atoms with Crippen LogP contribution in [0.3, 0.4) is 0 Å². The van der Waals surface area contributed by atoms with Crippen molar-refractivity contribution in [1.29, 1.82) is 0 Å². The van der Waals surface area contributed by atoms with Crippen LogP contribution in [0.25, 0.3) is 0 Å². The van der Waals surface area contributed by atoms with E-state index < -0.39 is 5.91 Å². The van der Waals surface area contributed by atoms with Gasteiger partial charge in [-0.1, -0.05) is 6.58 Å². The molecule has 0 aromatic rings. The van der Waals surface area contributed by atoms with Crippen molar-refractivity contribution in [3.63, 3.8) is 0 Å². The van der Waals surface area contributed by atoms with Gasteiger partial charge in [-0.25, -0.2) is 0 Å². The van der Waals surface area contributed by atoms with Crippen LogP contribution in [0.5, 0.6) is 0 Å². The van der Waals surface area contributed by atoms with E-state index in [2.05, 4.69) is 6.58 Å². The number of carbonyl (C=O) groups excluding carboxylic acids is 1. The second-order valence-corrected chi connectivity index (χ2v) is 3.82. The van der Waals surface area contributed by atoms with Crippen LogP contribution in [0, 0.1) is 10.1 Å². The van der Waals surface area contributed by atoms with E-state index in [-0.39, 0.29) is 11.5 Å². The topological polar surface area (TPSA) is 89.5 Å². The third-order valence-corrected chi connectivity index (χ3v) is 1.42. The van der Waals surface area contributed by atoms with E-state index in [1.807, 2.05) is 26.0 Å². The van der Waals surface area contributed by atoms with Crippen molar-refractivity contribution < 1.29 is 9.72 Å². The van der Waals surface area contributed by atoms with Gasteiger partial charge in [-0.15, -0.1) is 0 Å². The molecule has 6 heteroatoms. The quantitative estimate of drug-likeness (QED) is 0.314. The lowest BCUT2D eigenvalue weighted by Crippen LogP contribution is -2.13. The molecule has 0 saturated carbocycles. The molecule has 0 radical (unpaired) electrons. The summed E-state index contributed by atoms with van der Waals surface area (Å²) in [6, 6.07) is 0. The highest BCUT2D eigenvalue weighted by Crippen LogP contribution is 2.03. The molecule has 0 aliphatic heterocycles. The number of nitrogens with zero attached hydrogens (tertiary/aromatic N) is 2. The highest BCUT2D eigenvalue weighted by atomic mass is 16.6. The third kappa shape index (κ3) is 18.4. The average molecular weight is 231 g/mol. The van der Waals surface area contributed by atoms with E-state index in [1.165, 1.54) is 0 Å². The van der Waals surface area contributed by atoms with Gasteiger partial charge in [-0.2, -0.15) is 0 Å². The van der Waals surface area contributed by atoms with Crippen LogP contribution in [0.2, 0.25) is 0 Å². The summed E-state index contributed by atoms with van der Waals surface area (Å²) in [5.74, 6) is -0.531. The number of hydrogen-bond donors (Lipinski definition) is 1. The smallest absolute Gasteiger partial charge is 0.244 e. The summed E-state index contributed by atoms with van der Waals surface area (Å²) >= 11 is 0. The molecule has 0 fully saturated rings. The molecular weight excluding hydrogens is 210 g/mol. The molecule has 0 rings (SSSR count). The van der Waals surface area contributed by atoms with E-state index in [0.717, 1.165) is 0 Å². The second kappa shape index (κ2) is 10.1. The Morgan fingerprint density at radius 1 is 1.38 bits per heavy atom. The first kappa shape index (κ1) is 17.0. The van der Waals surface area contributed by atoms with Crippen molar-refractivity contribution in [2.24, 2.45) is 5.73 Å². The van der Waals surface area contributed by atoms with E-state index in [9.17, 15) is 14.9 Å². The first-order valence-electron chi connectivity index (χ1n) is 4.97. The monoisotopic (exact) mass is 231 g/mol. The number of primary amides is 1. The largest absolute Gasteiger partial charge is 0.366 e. The van der Waals surface area contributed by atoms with E-state index >= 15 is 0 Å². The van der Waals surface area contributed by atoms with Crippen LogP contribution in [0.4, 0.5) is 0 Å². The molecule has 0 aliphatic rings. The van der Waals surface area contributed by atoms with Gasteiger partial charge in [0, 0.05) is 16.9 Å². The van der Waals surface area contributed by atoms with Crippen molar-refractivity contribution in [1.82, 2.24) is 4.90 Å². The third-order valence-electron chi connectivity index (χ3n) is 1.42. The Kier molecular flexibility index (Phi) is 10.7. The molecule has 0 atom stereocenters. The predicted octanol–water partition coefficient (Wildman–Crippen LogP) is 0.653. The van der Waals surface area contributed by atoms with Gasteiger partial charge in [0.1, 0.15) is 0 Å². The van der Waals surface area contributed by atoms with E-state index in [1.54, 1.807) is 0 Å². The average Bonchev–Trinajstić information content (AvgIpc) is 2.10. The summed E-state index contributed by atoms with van der Waals surface area (Å²) in [5, 5.41) is 9.87. The fourth-order valence-corrected chi connectivity index (χ4v) is 0.702. The fraction of sp³-hybridized carbons (Fsp3) is 0.700. The van der Waals surface area contributed by atoms with E-state index in [0.29, 0.717) is 24.8 Å². The Bertz CT molecular complexity index is 237. The molecule has 0 bridgehead atoms. The fourth-order valence-electron chi connectivity index (χ4n) is 0.702. The molecule has 94 valence electrons. The molecule has 6 nitrogen and oxygen atoms in total. The van der Waals surface area contributed by atoms with Crippen LogP contribution in [-0.4, -0.2) is 43.4 Å². The summed E-state index contributed by atoms with van der Waals surface area (Å²) in [6.45, 7) is 3.36. The summed E-state index contributed by atoms with van der Waals surface area (Å²) in [7, 11) is 6.00.